The molecule has 1 N–H and O–H groups in total. The van der Waals surface area contributed by atoms with Gasteiger partial charge in [-0.05, 0) is 55.3 Å². The smallest absolute Gasteiger partial charge is 0.251 e. The van der Waals surface area contributed by atoms with E-state index in [2.05, 4.69) is 5.32 Å². The van der Waals surface area contributed by atoms with Crippen molar-refractivity contribution < 1.29 is 18.0 Å². The highest BCUT2D eigenvalue weighted by Crippen LogP contribution is 2.21. The van der Waals surface area contributed by atoms with E-state index in [9.17, 15) is 18.0 Å². The Bertz CT molecular complexity index is 968. The van der Waals surface area contributed by atoms with Crippen LogP contribution in [0.25, 0.3) is 0 Å². The molecule has 0 spiro atoms. The van der Waals surface area contributed by atoms with Gasteiger partial charge in [0.15, 0.2) is 5.78 Å². The van der Waals surface area contributed by atoms with Gasteiger partial charge in [0.2, 0.25) is 10.0 Å². The Labute approximate surface area is 169 Å². The highest BCUT2D eigenvalue weighted by molar-refractivity contribution is 7.89. The lowest BCUT2D eigenvalue weighted by Crippen LogP contribution is -2.35. The molecular weight excluding hydrogens is 400 g/mol. The van der Waals surface area contributed by atoms with E-state index in [1.807, 2.05) is 0 Å². The van der Waals surface area contributed by atoms with Crippen molar-refractivity contribution >= 4 is 33.3 Å². The van der Waals surface area contributed by atoms with Gasteiger partial charge in [0, 0.05) is 29.2 Å². The second-order valence-electron chi connectivity index (χ2n) is 6.61. The van der Waals surface area contributed by atoms with Crippen molar-refractivity contribution in [3.8, 4) is 0 Å². The number of hydrogen-bond donors (Lipinski definition) is 1. The summed E-state index contributed by atoms with van der Waals surface area (Å²) in [6.45, 7) is 0.798. The summed E-state index contributed by atoms with van der Waals surface area (Å²) < 4.78 is 27.0. The van der Waals surface area contributed by atoms with Crippen LogP contribution in [0.5, 0.6) is 0 Å². The third-order valence-corrected chi connectivity index (χ3v) is 6.77. The molecule has 2 aromatic carbocycles. The molecule has 28 heavy (non-hydrogen) atoms. The molecule has 0 bridgehead atoms. The van der Waals surface area contributed by atoms with E-state index in [0.717, 1.165) is 19.3 Å². The van der Waals surface area contributed by atoms with Gasteiger partial charge in [0.05, 0.1) is 11.4 Å². The number of nitrogens with zero attached hydrogens (tertiary/aromatic N) is 1. The van der Waals surface area contributed by atoms with Gasteiger partial charge in [0.25, 0.3) is 5.91 Å². The van der Waals surface area contributed by atoms with Gasteiger partial charge in [-0.25, -0.2) is 8.42 Å². The lowest BCUT2D eigenvalue weighted by Gasteiger charge is -2.26. The number of amides is 1. The van der Waals surface area contributed by atoms with Crippen LogP contribution in [-0.4, -0.2) is 44.0 Å². The predicted molar refractivity (Wildman–Crippen MR) is 107 cm³/mol. The number of Topliss-reactive ketones (excluding diaryl/α,β-unsaturated/α-hetero) is 1. The second-order valence-corrected chi connectivity index (χ2v) is 8.98. The highest BCUT2D eigenvalue weighted by Gasteiger charge is 2.26. The predicted octanol–water partition coefficient (Wildman–Crippen LogP) is 3.13. The first-order valence-electron chi connectivity index (χ1n) is 9.05. The second kappa shape index (κ2) is 8.86. The zero-order valence-electron chi connectivity index (χ0n) is 15.2. The fourth-order valence-corrected chi connectivity index (χ4v) is 4.74. The van der Waals surface area contributed by atoms with Crippen LogP contribution in [0.3, 0.4) is 0 Å². The lowest BCUT2D eigenvalue weighted by atomic mass is 10.1. The minimum atomic E-state index is -3.62. The average molecular weight is 421 g/mol. The van der Waals surface area contributed by atoms with E-state index in [4.69, 9.17) is 11.6 Å². The number of ketones is 1. The molecule has 1 saturated heterocycles. The molecule has 1 fully saturated rings. The summed E-state index contributed by atoms with van der Waals surface area (Å²) in [5, 5.41) is 3.06. The SMILES string of the molecule is O=C(CNC(=O)c1cccc(S(=O)(=O)N2CCCCC2)c1)c1ccc(Cl)cc1. The fourth-order valence-electron chi connectivity index (χ4n) is 3.05. The summed E-state index contributed by atoms with van der Waals surface area (Å²) in [6, 6.07) is 12.3. The zero-order chi connectivity index (χ0) is 20.1. The Balaban J connectivity index is 1.68. The summed E-state index contributed by atoms with van der Waals surface area (Å²) in [6.07, 6.45) is 2.70. The number of piperidine rings is 1. The quantitative estimate of drug-likeness (QED) is 0.727. The Kier molecular flexibility index (Phi) is 6.49. The molecule has 6 nitrogen and oxygen atoms in total. The molecule has 148 valence electrons. The number of hydrogen-bond acceptors (Lipinski definition) is 4. The number of sulfonamides is 1. The van der Waals surface area contributed by atoms with Crippen LogP contribution in [0.15, 0.2) is 53.4 Å². The summed E-state index contributed by atoms with van der Waals surface area (Å²) in [5.74, 6) is -0.764. The van der Waals surface area contributed by atoms with Crippen LogP contribution in [0.2, 0.25) is 5.02 Å². The summed E-state index contributed by atoms with van der Waals surface area (Å²) >= 11 is 5.80. The Morgan fingerprint density at radius 1 is 0.964 bits per heavy atom. The van der Waals surface area contributed by atoms with E-state index in [0.29, 0.717) is 23.7 Å². The van der Waals surface area contributed by atoms with Crippen molar-refractivity contribution in [2.45, 2.75) is 24.2 Å². The molecule has 0 aromatic heterocycles. The summed E-state index contributed by atoms with van der Waals surface area (Å²) in [5.41, 5.74) is 0.633. The largest absolute Gasteiger partial charge is 0.345 e. The van der Waals surface area contributed by atoms with Gasteiger partial charge in [-0.15, -0.1) is 0 Å². The van der Waals surface area contributed by atoms with Crippen molar-refractivity contribution in [2.24, 2.45) is 0 Å². The van der Waals surface area contributed by atoms with Crippen molar-refractivity contribution in [1.82, 2.24) is 9.62 Å². The molecule has 0 radical (unpaired) electrons. The van der Waals surface area contributed by atoms with Crippen molar-refractivity contribution in [3.05, 3.63) is 64.7 Å². The van der Waals surface area contributed by atoms with E-state index < -0.39 is 15.9 Å². The topological polar surface area (TPSA) is 83.5 Å². The number of halogens is 1. The van der Waals surface area contributed by atoms with Gasteiger partial charge in [0.1, 0.15) is 0 Å². The van der Waals surface area contributed by atoms with Crippen molar-refractivity contribution in [1.29, 1.82) is 0 Å². The minimum absolute atomic E-state index is 0.0890. The van der Waals surface area contributed by atoms with Crippen molar-refractivity contribution in [2.75, 3.05) is 19.6 Å². The van der Waals surface area contributed by atoms with E-state index >= 15 is 0 Å². The molecule has 1 amide bonds. The molecule has 1 heterocycles. The maximum atomic E-state index is 12.8. The summed E-state index contributed by atoms with van der Waals surface area (Å²) in [7, 11) is -3.62. The average Bonchev–Trinajstić information content (AvgIpc) is 2.73. The number of nitrogens with one attached hydrogen (secondary N) is 1. The minimum Gasteiger partial charge on any atom is -0.345 e. The molecule has 0 aliphatic carbocycles. The standard InChI is InChI=1S/C20H21ClN2O4S/c21-17-9-7-15(8-10-17)19(24)14-22-20(25)16-5-4-6-18(13-16)28(26,27)23-11-2-1-3-12-23/h4-10,13H,1-3,11-12,14H2,(H,22,25). The van der Waals surface area contributed by atoms with Crippen LogP contribution in [0.4, 0.5) is 0 Å². The molecule has 0 saturated carbocycles. The third kappa shape index (κ3) is 4.79. The van der Waals surface area contributed by atoms with Crippen LogP contribution in [0, 0.1) is 0 Å². The molecule has 3 rings (SSSR count). The Hall–Kier alpha value is -2.22. The molecule has 0 atom stereocenters. The Morgan fingerprint density at radius 3 is 2.32 bits per heavy atom. The van der Waals surface area contributed by atoms with E-state index in [-0.39, 0.29) is 22.8 Å². The third-order valence-electron chi connectivity index (χ3n) is 4.62. The Morgan fingerprint density at radius 2 is 1.64 bits per heavy atom. The van der Waals surface area contributed by atoms with Crippen LogP contribution in [0.1, 0.15) is 40.0 Å². The maximum absolute atomic E-state index is 12.8. The van der Waals surface area contributed by atoms with Crippen LogP contribution in [-0.2, 0) is 10.0 Å². The maximum Gasteiger partial charge on any atom is 0.251 e. The molecule has 8 heteroatoms. The number of carbonyl (C=O) groups excluding carboxylic acids is 2. The summed E-state index contributed by atoms with van der Waals surface area (Å²) in [4.78, 5) is 24.7. The first-order valence-corrected chi connectivity index (χ1v) is 10.9. The monoisotopic (exact) mass is 420 g/mol. The number of benzene rings is 2. The number of carbonyl (C=O) groups is 2. The fraction of sp³-hybridized carbons (Fsp3) is 0.300. The van der Waals surface area contributed by atoms with Crippen molar-refractivity contribution in [3.63, 3.8) is 0 Å². The zero-order valence-corrected chi connectivity index (χ0v) is 16.8. The van der Waals surface area contributed by atoms with Gasteiger partial charge in [-0.1, -0.05) is 24.1 Å². The van der Waals surface area contributed by atoms with E-state index in [1.54, 1.807) is 24.3 Å². The lowest BCUT2D eigenvalue weighted by molar-refractivity contribution is 0.0904. The van der Waals surface area contributed by atoms with Gasteiger partial charge in [-0.3, -0.25) is 9.59 Å². The molecule has 1 aliphatic heterocycles. The first-order chi connectivity index (χ1) is 13.4. The normalized spacial score (nSPS) is 15.2. The molecule has 0 unspecified atom stereocenters. The van der Waals surface area contributed by atoms with E-state index in [1.165, 1.54) is 28.6 Å². The van der Waals surface area contributed by atoms with Gasteiger partial charge >= 0.3 is 0 Å². The highest BCUT2D eigenvalue weighted by atomic mass is 35.5. The molecule has 2 aromatic rings. The number of rotatable bonds is 6. The first kappa shape index (κ1) is 20.5. The molecule has 1 aliphatic rings. The molecular formula is C20H21ClN2O4S. The van der Waals surface area contributed by atoms with Crippen LogP contribution >= 0.6 is 11.6 Å². The van der Waals surface area contributed by atoms with Gasteiger partial charge in [-0.2, -0.15) is 4.31 Å². The van der Waals surface area contributed by atoms with Gasteiger partial charge < -0.3 is 5.32 Å². The van der Waals surface area contributed by atoms with Crippen LogP contribution < -0.4 is 5.32 Å².